The van der Waals surface area contributed by atoms with Crippen molar-refractivity contribution in [3.05, 3.63) is 24.3 Å². The monoisotopic (exact) mass is 466 g/mol. The summed E-state index contributed by atoms with van der Waals surface area (Å²) >= 11 is 0. The molecule has 0 radical (unpaired) electrons. The summed E-state index contributed by atoms with van der Waals surface area (Å²) in [5.41, 5.74) is 6.55. The number of nitrogens with two attached hydrogens (primary N) is 1. The Bertz CT molecular complexity index is 778. The van der Waals surface area contributed by atoms with Gasteiger partial charge in [-0.2, -0.15) is 4.31 Å². The maximum atomic E-state index is 13.0. The van der Waals surface area contributed by atoms with Crippen LogP contribution >= 0.6 is 24.8 Å². The van der Waals surface area contributed by atoms with Crippen molar-refractivity contribution in [2.24, 2.45) is 11.7 Å². The van der Waals surface area contributed by atoms with Crippen LogP contribution in [0.15, 0.2) is 29.2 Å². The van der Waals surface area contributed by atoms with E-state index in [9.17, 15) is 13.2 Å². The van der Waals surface area contributed by atoms with E-state index in [4.69, 9.17) is 5.73 Å². The molecular formula is C19H32Cl2N4O3S. The van der Waals surface area contributed by atoms with E-state index >= 15 is 0 Å². The first-order chi connectivity index (χ1) is 12.9. The number of likely N-dealkylation sites (N-methyl/N-ethyl adjacent to an activating group) is 1. The average molecular weight is 467 g/mol. The highest BCUT2D eigenvalue weighted by atomic mass is 35.5. The molecule has 1 saturated carbocycles. The van der Waals surface area contributed by atoms with Gasteiger partial charge in [-0.25, -0.2) is 8.42 Å². The molecule has 2 aliphatic rings. The summed E-state index contributed by atoms with van der Waals surface area (Å²) in [7, 11) is -1.56. The molecule has 7 nitrogen and oxygen atoms in total. The van der Waals surface area contributed by atoms with E-state index in [0.29, 0.717) is 25.2 Å². The topological polar surface area (TPSA) is 95.7 Å². The Balaban J connectivity index is 0.00000210. The number of rotatable bonds is 5. The lowest BCUT2D eigenvalue weighted by Crippen LogP contribution is -2.34. The Morgan fingerprint density at radius 3 is 2.59 bits per heavy atom. The Morgan fingerprint density at radius 2 is 1.90 bits per heavy atom. The zero-order valence-electron chi connectivity index (χ0n) is 16.7. The Kier molecular flexibility index (Phi) is 10.3. The van der Waals surface area contributed by atoms with Gasteiger partial charge in [-0.3, -0.25) is 4.79 Å². The van der Waals surface area contributed by atoms with Gasteiger partial charge in [0.15, 0.2) is 0 Å². The number of carbonyl (C=O) groups is 1. The number of benzene rings is 1. The van der Waals surface area contributed by atoms with E-state index in [1.807, 2.05) is 7.05 Å². The van der Waals surface area contributed by atoms with E-state index in [0.717, 1.165) is 38.8 Å². The third-order valence-corrected chi connectivity index (χ3v) is 7.49. The maximum absolute atomic E-state index is 13.0. The number of nitrogens with one attached hydrogen (secondary N) is 1. The van der Waals surface area contributed by atoms with E-state index in [1.165, 1.54) is 4.31 Å². The molecular weight excluding hydrogens is 435 g/mol. The minimum absolute atomic E-state index is 0. The van der Waals surface area contributed by atoms with Crippen LogP contribution < -0.4 is 11.1 Å². The number of hydrogen-bond acceptors (Lipinski definition) is 5. The third-order valence-electron chi connectivity index (χ3n) is 5.60. The van der Waals surface area contributed by atoms with Gasteiger partial charge in [0.2, 0.25) is 15.9 Å². The van der Waals surface area contributed by atoms with Crippen molar-refractivity contribution in [2.75, 3.05) is 38.5 Å². The van der Waals surface area contributed by atoms with Crippen molar-refractivity contribution in [2.45, 2.75) is 43.0 Å². The summed E-state index contributed by atoms with van der Waals surface area (Å²) in [6, 6.07) is 6.63. The number of hydrogen-bond donors (Lipinski definition) is 2. The second-order valence-corrected chi connectivity index (χ2v) is 9.63. The largest absolute Gasteiger partial charge is 0.327 e. The fourth-order valence-electron chi connectivity index (χ4n) is 3.92. The van der Waals surface area contributed by atoms with Gasteiger partial charge in [-0.15, -0.1) is 24.8 Å². The lowest BCUT2D eigenvalue weighted by atomic mass is 10.00. The smallest absolute Gasteiger partial charge is 0.243 e. The molecule has 2 atom stereocenters. The molecule has 0 aromatic heterocycles. The highest BCUT2D eigenvalue weighted by molar-refractivity contribution is 7.89. The van der Waals surface area contributed by atoms with Gasteiger partial charge in [0, 0.05) is 37.8 Å². The normalized spacial score (nSPS) is 23.5. The second-order valence-electron chi connectivity index (χ2n) is 7.70. The van der Waals surface area contributed by atoms with Crippen LogP contribution in [-0.4, -0.2) is 62.8 Å². The fraction of sp³-hybridized carbons (Fsp3) is 0.632. The van der Waals surface area contributed by atoms with Crippen molar-refractivity contribution in [1.82, 2.24) is 9.21 Å². The first-order valence-electron chi connectivity index (χ1n) is 9.70. The first kappa shape index (κ1) is 26.1. The van der Waals surface area contributed by atoms with Gasteiger partial charge in [0.25, 0.3) is 0 Å². The quantitative estimate of drug-likeness (QED) is 0.693. The summed E-state index contributed by atoms with van der Waals surface area (Å²) in [5, 5.41) is 2.84. The Morgan fingerprint density at radius 1 is 1.14 bits per heavy atom. The minimum atomic E-state index is -3.56. The van der Waals surface area contributed by atoms with Crippen LogP contribution in [0.2, 0.25) is 0 Å². The molecule has 1 amide bonds. The van der Waals surface area contributed by atoms with Crippen LogP contribution in [0.1, 0.15) is 32.1 Å². The summed E-state index contributed by atoms with van der Waals surface area (Å²) in [4.78, 5) is 14.7. The molecule has 1 aromatic rings. The molecule has 3 N–H and O–H groups in total. The number of anilines is 1. The average Bonchev–Trinajstić information content (AvgIpc) is 2.89. The molecule has 3 rings (SSSR count). The molecule has 0 bridgehead atoms. The molecule has 0 unspecified atom stereocenters. The van der Waals surface area contributed by atoms with E-state index < -0.39 is 10.0 Å². The minimum Gasteiger partial charge on any atom is -0.327 e. The predicted octanol–water partition coefficient (Wildman–Crippen LogP) is 2.31. The molecule has 10 heteroatoms. The maximum Gasteiger partial charge on any atom is 0.243 e. The van der Waals surface area contributed by atoms with Crippen molar-refractivity contribution >= 4 is 46.4 Å². The molecule has 166 valence electrons. The van der Waals surface area contributed by atoms with Crippen LogP contribution in [0, 0.1) is 5.92 Å². The van der Waals surface area contributed by atoms with Crippen LogP contribution in [0.25, 0.3) is 0 Å². The van der Waals surface area contributed by atoms with Crippen LogP contribution in [0.4, 0.5) is 5.69 Å². The highest BCUT2D eigenvalue weighted by Gasteiger charge is 2.28. The lowest BCUT2D eigenvalue weighted by Gasteiger charge is -2.20. The Labute approximate surface area is 186 Å². The third kappa shape index (κ3) is 6.80. The summed E-state index contributed by atoms with van der Waals surface area (Å²) in [6.07, 6.45) is 4.21. The molecule has 1 aromatic carbocycles. The van der Waals surface area contributed by atoms with Crippen molar-refractivity contribution in [3.8, 4) is 0 Å². The van der Waals surface area contributed by atoms with Crippen LogP contribution in [-0.2, 0) is 14.8 Å². The van der Waals surface area contributed by atoms with E-state index in [-0.39, 0.29) is 47.6 Å². The number of amides is 1. The van der Waals surface area contributed by atoms with E-state index in [1.54, 1.807) is 24.3 Å². The zero-order chi connectivity index (χ0) is 19.4. The number of nitrogens with zero attached hydrogens (tertiary/aromatic N) is 2. The van der Waals surface area contributed by atoms with Crippen LogP contribution in [0.5, 0.6) is 0 Å². The molecule has 1 aliphatic heterocycles. The SMILES string of the molecule is CN1CCCN(S(=O)(=O)c2cccc(NC(=O)C[C@@H]3CCC[C@H]3N)c2)CC1.Cl.Cl. The highest BCUT2D eigenvalue weighted by Crippen LogP contribution is 2.27. The van der Waals surface area contributed by atoms with Gasteiger partial charge in [-0.05, 0) is 57.0 Å². The van der Waals surface area contributed by atoms with Gasteiger partial charge in [0.05, 0.1) is 4.90 Å². The number of sulfonamides is 1. The molecule has 0 spiro atoms. The van der Waals surface area contributed by atoms with Crippen molar-refractivity contribution in [3.63, 3.8) is 0 Å². The fourth-order valence-corrected chi connectivity index (χ4v) is 5.43. The summed E-state index contributed by atoms with van der Waals surface area (Å²) in [5.74, 6) is 0.106. The van der Waals surface area contributed by atoms with Gasteiger partial charge >= 0.3 is 0 Å². The first-order valence-corrected chi connectivity index (χ1v) is 11.1. The molecule has 1 heterocycles. The summed E-state index contributed by atoms with van der Waals surface area (Å²) < 4.78 is 27.5. The predicted molar refractivity (Wildman–Crippen MR) is 120 cm³/mol. The Hall–Kier alpha value is -0.900. The van der Waals surface area contributed by atoms with Gasteiger partial charge in [0.1, 0.15) is 0 Å². The zero-order valence-corrected chi connectivity index (χ0v) is 19.2. The standard InChI is InChI=1S/C19H30N4O3S.2ClH/c1-22-9-4-10-23(12-11-22)27(25,26)17-7-3-6-16(14-17)21-19(24)13-15-5-2-8-18(15)20;;/h3,6-7,14-15,18H,2,4-5,8-13,20H2,1H3,(H,21,24);2*1H/t15-,18+;;/m0../s1. The second kappa shape index (κ2) is 11.5. The van der Waals surface area contributed by atoms with Crippen molar-refractivity contribution < 1.29 is 13.2 Å². The van der Waals surface area contributed by atoms with Gasteiger partial charge < -0.3 is 16.0 Å². The van der Waals surface area contributed by atoms with Gasteiger partial charge in [-0.1, -0.05) is 12.5 Å². The van der Waals surface area contributed by atoms with Crippen molar-refractivity contribution in [1.29, 1.82) is 0 Å². The molecule has 29 heavy (non-hydrogen) atoms. The number of halogens is 2. The lowest BCUT2D eigenvalue weighted by molar-refractivity contribution is -0.117. The number of carbonyl (C=O) groups excluding carboxylic acids is 1. The molecule has 2 fully saturated rings. The molecule has 1 saturated heterocycles. The van der Waals surface area contributed by atoms with E-state index in [2.05, 4.69) is 10.2 Å². The summed E-state index contributed by atoms with van der Waals surface area (Å²) in [6.45, 7) is 2.61. The van der Waals surface area contributed by atoms with Crippen LogP contribution in [0.3, 0.4) is 0 Å². The molecule has 1 aliphatic carbocycles.